The molecule has 1 atom stereocenters. The predicted molar refractivity (Wildman–Crippen MR) is 129 cm³/mol. The molecule has 4 amide bonds. The number of carbonyl (C=O) groups excluding carboxylic acids is 3. The third kappa shape index (κ3) is 5.18. The van der Waals surface area contributed by atoms with E-state index in [9.17, 15) is 14.4 Å². The van der Waals surface area contributed by atoms with E-state index in [2.05, 4.69) is 10.3 Å². The van der Waals surface area contributed by atoms with E-state index in [0.717, 1.165) is 10.5 Å². The van der Waals surface area contributed by atoms with Crippen molar-refractivity contribution in [3.8, 4) is 5.75 Å². The summed E-state index contributed by atoms with van der Waals surface area (Å²) in [5.41, 5.74) is 1.71. The Labute approximate surface area is 202 Å². The molecule has 9 heteroatoms. The molecule has 34 heavy (non-hydrogen) atoms. The van der Waals surface area contributed by atoms with E-state index in [-0.39, 0.29) is 18.9 Å². The summed E-state index contributed by atoms with van der Waals surface area (Å²) in [5, 5.41) is 3.27. The number of ether oxygens (including phenoxy) is 1. The zero-order valence-electron chi connectivity index (χ0n) is 18.5. The summed E-state index contributed by atoms with van der Waals surface area (Å²) in [6, 6.07) is 15.4. The Morgan fingerprint density at radius 3 is 2.47 bits per heavy atom. The number of imide groups is 1. The normalized spacial score (nSPS) is 15.5. The summed E-state index contributed by atoms with van der Waals surface area (Å²) >= 11 is 5.96. The minimum absolute atomic E-state index is 0.142. The zero-order valence-corrected chi connectivity index (χ0v) is 19.2. The first-order valence-corrected chi connectivity index (χ1v) is 11.2. The van der Waals surface area contributed by atoms with Crippen LogP contribution in [0.5, 0.6) is 5.75 Å². The summed E-state index contributed by atoms with van der Waals surface area (Å²) in [6.07, 6.45) is 3.06. The number of carbonyl (C=O) groups is 3. The second kappa shape index (κ2) is 10.4. The summed E-state index contributed by atoms with van der Waals surface area (Å²) in [7, 11) is 0. The van der Waals surface area contributed by atoms with Crippen LogP contribution >= 0.6 is 11.6 Å². The topological polar surface area (TPSA) is 91.8 Å². The van der Waals surface area contributed by atoms with Crippen molar-refractivity contribution >= 4 is 40.8 Å². The molecule has 1 saturated heterocycles. The number of hydrogen-bond donors (Lipinski definition) is 1. The van der Waals surface area contributed by atoms with Crippen LogP contribution in [0.1, 0.15) is 18.9 Å². The summed E-state index contributed by atoms with van der Waals surface area (Å²) in [5.74, 6) is -0.166. The predicted octanol–water partition coefficient (Wildman–Crippen LogP) is 4.50. The average molecular weight is 479 g/mol. The fourth-order valence-electron chi connectivity index (χ4n) is 3.72. The van der Waals surface area contributed by atoms with Crippen molar-refractivity contribution in [1.82, 2.24) is 9.88 Å². The van der Waals surface area contributed by atoms with Gasteiger partial charge in [-0.05, 0) is 67.1 Å². The lowest BCUT2D eigenvalue weighted by molar-refractivity contribution is -0.124. The molecule has 1 aromatic heterocycles. The van der Waals surface area contributed by atoms with Crippen molar-refractivity contribution in [2.24, 2.45) is 0 Å². The number of urea groups is 1. The van der Waals surface area contributed by atoms with Crippen molar-refractivity contribution in [3.63, 3.8) is 0 Å². The van der Waals surface area contributed by atoms with Gasteiger partial charge in [0.15, 0.2) is 0 Å². The van der Waals surface area contributed by atoms with Gasteiger partial charge in [0.05, 0.1) is 18.7 Å². The number of aromatic nitrogens is 1. The SMILES string of the molecule is CCOc1ccc(NC(=O)CC2C(=O)N(c3ccc(Cl)cc3)C(=O)N2Cc2cccnc2)cc1. The van der Waals surface area contributed by atoms with Crippen molar-refractivity contribution in [3.05, 3.63) is 83.6 Å². The summed E-state index contributed by atoms with van der Waals surface area (Å²) < 4.78 is 5.41. The molecular weight excluding hydrogens is 456 g/mol. The first kappa shape index (κ1) is 23.3. The van der Waals surface area contributed by atoms with Gasteiger partial charge < -0.3 is 15.0 Å². The zero-order chi connectivity index (χ0) is 24.1. The molecular formula is C25H23ClN4O4. The molecule has 2 heterocycles. The molecule has 2 aromatic carbocycles. The van der Waals surface area contributed by atoms with Crippen LogP contribution in [0.25, 0.3) is 0 Å². The minimum Gasteiger partial charge on any atom is -0.494 e. The Balaban J connectivity index is 1.55. The number of hydrogen-bond acceptors (Lipinski definition) is 5. The number of pyridine rings is 1. The number of anilines is 2. The largest absolute Gasteiger partial charge is 0.494 e. The van der Waals surface area contributed by atoms with E-state index in [1.165, 1.54) is 4.90 Å². The number of nitrogens with zero attached hydrogens (tertiary/aromatic N) is 3. The molecule has 1 aliphatic rings. The van der Waals surface area contributed by atoms with Crippen LogP contribution in [-0.2, 0) is 16.1 Å². The van der Waals surface area contributed by atoms with E-state index in [1.807, 2.05) is 13.0 Å². The Bertz CT molecular complexity index is 1170. The van der Waals surface area contributed by atoms with Crippen molar-refractivity contribution in [1.29, 1.82) is 0 Å². The first-order chi connectivity index (χ1) is 16.5. The molecule has 1 unspecified atom stereocenters. The van der Waals surface area contributed by atoms with Crippen LogP contribution in [0.2, 0.25) is 5.02 Å². The lowest BCUT2D eigenvalue weighted by atomic mass is 10.1. The molecule has 0 aliphatic carbocycles. The highest BCUT2D eigenvalue weighted by Crippen LogP contribution is 2.29. The molecule has 0 radical (unpaired) electrons. The van der Waals surface area contributed by atoms with Crippen LogP contribution in [0.3, 0.4) is 0 Å². The standard InChI is InChI=1S/C25H23ClN4O4/c1-2-34-21-11-7-19(8-12-21)28-23(31)14-22-24(32)30(20-9-5-18(26)6-10-20)25(33)29(22)16-17-4-3-13-27-15-17/h3-13,15,22H,2,14,16H2,1H3,(H,28,31). The maximum Gasteiger partial charge on any atom is 0.332 e. The number of rotatable bonds is 8. The molecule has 0 spiro atoms. The van der Waals surface area contributed by atoms with Gasteiger partial charge in [-0.25, -0.2) is 9.69 Å². The van der Waals surface area contributed by atoms with Gasteiger partial charge in [-0.2, -0.15) is 0 Å². The lowest BCUT2D eigenvalue weighted by Gasteiger charge is -2.21. The van der Waals surface area contributed by atoms with Crippen molar-refractivity contribution in [2.45, 2.75) is 25.9 Å². The third-order valence-corrected chi connectivity index (χ3v) is 5.56. The quantitative estimate of drug-likeness (QED) is 0.481. The maximum absolute atomic E-state index is 13.3. The molecule has 0 saturated carbocycles. The van der Waals surface area contributed by atoms with E-state index in [4.69, 9.17) is 16.3 Å². The molecule has 174 valence electrons. The molecule has 1 aliphatic heterocycles. The Morgan fingerprint density at radius 1 is 1.09 bits per heavy atom. The maximum atomic E-state index is 13.3. The second-order valence-electron chi connectivity index (χ2n) is 7.65. The average Bonchev–Trinajstić information content (AvgIpc) is 3.06. The van der Waals surface area contributed by atoms with Crippen molar-refractivity contribution in [2.75, 3.05) is 16.8 Å². The van der Waals surface area contributed by atoms with Crippen molar-refractivity contribution < 1.29 is 19.1 Å². The fourth-order valence-corrected chi connectivity index (χ4v) is 3.84. The summed E-state index contributed by atoms with van der Waals surface area (Å²) in [6.45, 7) is 2.57. The van der Waals surface area contributed by atoms with Gasteiger partial charge in [0.25, 0.3) is 5.91 Å². The van der Waals surface area contributed by atoms with Gasteiger partial charge in [0.1, 0.15) is 11.8 Å². The number of halogens is 1. The highest BCUT2D eigenvalue weighted by molar-refractivity contribution is 6.30. The molecule has 0 bridgehead atoms. The molecule has 4 rings (SSSR count). The first-order valence-electron chi connectivity index (χ1n) is 10.8. The number of amides is 4. The van der Waals surface area contributed by atoms with Gasteiger partial charge in [0.2, 0.25) is 5.91 Å². The van der Waals surface area contributed by atoms with Gasteiger partial charge in [-0.1, -0.05) is 17.7 Å². The van der Waals surface area contributed by atoms with Crippen LogP contribution in [0.15, 0.2) is 73.1 Å². The molecule has 3 aromatic rings. The van der Waals surface area contributed by atoms with E-state index in [0.29, 0.717) is 28.8 Å². The number of benzene rings is 2. The summed E-state index contributed by atoms with van der Waals surface area (Å²) in [4.78, 5) is 46.0. The van der Waals surface area contributed by atoms with Crippen LogP contribution in [0, 0.1) is 0 Å². The monoisotopic (exact) mass is 478 g/mol. The van der Waals surface area contributed by atoms with Crippen LogP contribution < -0.4 is 15.0 Å². The van der Waals surface area contributed by atoms with E-state index >= 15 is 0 Å². The van der Waals surface area contributed by atoms with Crippen LogP contribution in [-0.4, -0.2) is 40.4 Å². The fraction of sp³-hybridized carbons (Fsp3) is 0.200. The number of nitrogens with one attached hydrogen (secondary N) is 1. The minimum atomic E-state index is -0.967. The van der Waals surface area contributed by atoms with Gasteiger partial charge in [-0.15, -0.1) is 0 Å². The van der Waals surface area contributed by atoms with Gasteiger partial charge in [-0.3, -0.25) is 14.6 Å². The highest BCUT2D eigenvalue weighted by atomic mass is 35.5. The molecule has 8 nitrogen and oxygen atoms in total. The van der Waals surface area contributed by atoms with Gasteiger partial charge in [0, 0.05) is 29.6 Å². The second-order valence-corrected chi connectivity index (χ2v) is 8.08. The highest BCUT2D eigenvalue weighted by Gasteiger charge is 2.46. The Morgan fingerprint density at radius 2 is 1.82 bits per heavy atom. The van der Waals surface area contributed by atoms with Crippen LogP contribution in [0.4, 0.5) is 16.2 Å². The smallest absolute Gasteiger partial charge is 0.332 e. The molecule has 1 N–H and O–H groups in total. The van der Waals surface area contributed by atoms with Gasteiger partial charge >= 0.3 is 6.03 Å². The molecule has 1 fully saturated rings. The lowest BCUT2D eigenvalue weighted by Crippen LogP contribution is -2.37. The Hall–Kier alpha value is -3.91. The Kier molecular flexibility index (Phi) is 7.08. The van der Waals surface area contributed by atoms with E-state index < -0.39 is 18.0 Å². The third-order valence-electron chi connectivity index (χ3n) is 5.31. The van der Waals surface area contributed by atoms with E-state index in [1.54, 1.807) is 67.0 Å².